The third kappa shape index (κ3) is 2.14. The molecule has 0 radical (unpaired) electrons. The fourth-order valence-electron chi connectivity index (χ4n) is 2.19. The fraction of sp³-hybridized carbons (Fsp3) is 0.462. The predicted octanol–water partition coefficient (Wildman–Crippen LogP) is 3.38. The highest BCUT2D eigenvalue weighted by atomic mass is 79.9. The Morgan fingerprint density at radius 1 is 1.50 bits per heavy atom. The van der Waals surface area contributed by atoms with Crippen LogP contribution in [0.3, 0.4) is 0 Å². The van der Waals surface area contributed by atoms with Gasteiger partial charge in [0.05, 0.1) is 5.56 Å². The first-order valence-corrected chi connectivity index (χ1v) is 6.46. The normalized spacial score (nSPS) is 20.2. The lowest BCUT2D eigenvalue weighted by molar-refractivity contribution is 0.0746. The minimum Gasteiger partial charge on any atom is -0.336 e. The van der Waals surface area contributed by atoms with E-state index in [2.05, 4.69) is 22.9 Å². The van der Waals surface area contributed by atoms with E-state index in [0.717, 1.165) is 35.0 Å². The van der Waals surface area contributed by atoms with Crippen LogP contribution in [0.5, 0.6) is 0 Å². The van der Waals surface area contributed by atoms with Crippen LogP contribution in [0, 0.1) is 6.92 Å². The first kappa shape index (κ1) is 11.6. The summed E-state index contributed by atoms with van der Waals surface area (Å²) >= 11 is 3.45. The van der Waals surface area contributed by atoms with Gasteiger partial charge in [-0.3, -0.25) is 4.79 Å². The van der Waals surface area contributed by atoms with Gasteiger partial charge in [-0.1, -0.05) is 11.6 Å². The summed E-state index contributed by atoms with van der Waals surface area (Å²) in [4.78, 5) is 14.3. The Morgan fingerprint density at radius 3 is 2.88 bits per heavy atom. The summed E-state index contributed by atoms with van der Waals surface area (Å²) in [6.07, 6.45) is 2.24. The van der Waals surface area contributed by atoms with Crippen LogP contribution in [-0.2, 0) is 0 Å². The predicted molar refractivity (Wildman–Crippen MR) is 68.6 cm³/mol. The Labute approximate surface area is 105 Å². The van der Waals surface area contributed by atoms with Crippen molar-refractivity contribution in [1.82, 2.24) is 4.90 Å². The lowest BCUT2D eigenvalue weighted by Gasteiger charge is -2.22. The molecule has 1 aromatic carbocycles. The van der Waals surface area contributed by atoms with E-state index in [1.54, 1.807) is 0 Å². The lowest BCUT2D eigenvalue weighted by Crippen LogP contribution is -2.33. The molecule has 1 amide bonds. The summed E-state index contributed by atoms with van der Waals surface area (Å²) < 4.78 is 0.891. The molecule has 0 aromatic heterocycles. The van der Waals surface area contributed by atoms with Crippen molar-refractivity contribution in [2.24, 2.45) is 0 Å². The average Bonchev–Trinajstić information content (AvgIpc) is 2.67. The molecule has 16 heavy (non-hydrogen) atoms. The van der Waals surface area contributed by atoms with E-state index in [1.165, 1.54) is 0 Å². The monoisotopic (exact) mass is 281 g/mol. The number of hydrogen-bond acceptors (Lipinski definition) is 1. The standard InChI is InChI=1S/C13H16BrNO/c1-9-5-6-12(14)11(8-9)13(16)15-7-3-4-10(15)2/h5-6,8,10H,3-4,7H2,1-2H3. The summed E-state index contributed by atoms with van der Waals surface area (Å²) in [6.45, 7) is 5.02. The third-order valence-corrected chi connectivity index (χ3v) is 3.86. The number of benzene rings is 1. The minimum atomic E-state index is 0.153. The molecule has 0 spiro atoms. The highest BCUT2D eigenvalue weighted by Crippen LogP contribution is 2.24. The minimum absolute atomic E-state index is 0.153. The van der Waals surface area contributed by atoms with Crippen LogP contribution in [0.4, 0.5) is 0 Å². The van der Waals surface area contributed by atoms with Gasteiger partial charge in [0.1, 0.15) is 0 Å². The van der Waals surface area contributed by atoms with E-state index in [4.69, 9.17) is 0 Å². The van der Waals surface area contributed by atoms with Gasteiger partial charge in [0.2, 0.25) is 0 Å². The molecule has 1 heterocycles. The van der Waals surface area contributed by atoms with Crippen molar-refractivity contribution in [3.63, 3.8) is 0 Å². The van der Waals surface area contributed by atoms with Gasteiger partial charge in [-0.2, -0.15) is 0 Å². The van der Waals surface area contributed by atoms with Gasteiger partial charge in [0, 0.05) is 17.1 Å². The van der Waals surface area contributed by atoms with Gasteiger partial charge < -0.3 is 4.90 Å². The SMILES string of the molecule is Cc1ccc(Br)c(C(=O)N2CCCC2C)c1. The molecule has 0 saturated carbocycles. The van der Waals surface area contributed by atoms with Crippen LogP contribution in [0.2, 0.25) is 0 Å². The maximum Gasteiger partial charge on any atom is 0.255 e. The zero-order valence-corrected chi connectivity index (χ0v) is 11.3. The number of hydrogen-bond donors (Lipinski definition) is 0. The van der Waals surface area contributed by atoms with Crippen LogP contribution >= 0.6 is 15.9 Å². The van der Waals surface area contributed by atoms with Crippen molar-refractivity contribution in [3.8, 4) is 0 Å². The number of rotatable bonds is 1. The Balaban J connectivity index is 2.29. The second-order valence-electron chi connectivity index (χ2n) is 4.47. The molecular weight excluding hydrogens is 266 g/mol. The van der Waals surface area contributed by atoms with Crippen molar-refractivity contribution in [2.45, 2.75) is 32.7 Å². The molecule has 1 aliphatic heterocycles. The van der Waals surface area contributed by atoms with Crippen LogP contribution in [-0.4, -0.2) is 23.4 Å². The summed E-state index contributed by atoms with van der Waals surface area (Å²) in [5.41, 5.74) is 1.91. The summed E-state index contributed by atoms with van der Waals surface area (Å²) in [7, 11) is 0. The van der Waals surface area contributed by atoms with Crippen molar-refractivity contribution >= 4 is 21.8 Å². The smallest absolute Gasteiger partial charge is 0.255 e. The summed E-state index contributed by atoms with van der Waals surface area (Å²) in [6, 6.07) is 6.29. The van der Waals surface area contributed by atoms with Gasteiger partial charge in [-0.25, -0.2) is 0 Å². The summed E-state index contributed by atoms with van der Waals surface area (Å²) in [5, 5.41) is 0. The molecule has 0 aliphatic carbocycles. The number of halogens is 1. The molecule has 0 bridgehead atoms. The average molecular weight is 282 g/mol. The van der Waals surface area contributed by atoms with E-state index in [1.807, 2.05) is 30.0 Å². The van der Waals surface area contributed by atoms with E-state index in [-0.39, 0.29) is 5.91 Å². The summed E-state index contributed by atoms with van der Waals surface area (Å²) in [5.74, 6) is 0.153. The van der Waals surface area contributed by atoms with Crippen LogP contribution in [0.15, 0.2) is 22.7 Å². The Hall–Kier alpha value is -0.830. The number of aryl methyl sites for hydroxylation is 1. The molecule has 0 N–H and O–H groups in total. The highest BCUT2D eigenvalue weighted by Gasteiger charge is 2.26. The molecule has 1 saturated heterocycles. The third-order valence-electron chi connectivity index (χ3n) is 3.17. The molecule has 3 heteroatoms. The van der Waals surface area contributed by atoms with Gasteiger partial charge >= 0.3 is 0 Å². The van der Waals surface area contributed by atoms with E-state index in [0.29, 0.717) is 6.04 Å². The van der Waals surface area contributed by atoms with Crippen molar-refractivity contribution in [1.29, 1.82) is 0 Å². The molecule has 1 aliphatic rings. The van der Waals surface area contributed by atoms with Crippen molar-refractivity contribution in [3.05, 3.63) is 33.8 Å². The van der Waals surface area contributed by atoms with Crippen molar-refractivity contribution < 1.29 is 4.79 Å². The van der Waals surface area contributed by atoms with Gasteiger partial charge in [-0.15, -0.1) is 0 Å². The number of amides is 1. The zero-order chi connectivity index (χ0) is 11.7. The number of carbonyl (C=O) groups excluding carboxylic acids is 1. The van der Waals surface area contributed by atoms with Crippen LogP contribution in [0.25, 0.3) is 0 Å². The molecule has 1 fully saturated rings. The van der Waals surface area contributed by atoms with Crippen LogP contribution in [0.1, 0.15) is 35.7 Å². The van der Waals surface area contributed by atoms with Gasteiger partial charge in [0.15, 0.2) is 0 Å². The quantitative estimate of drug-likeness (QED) is 0.773. The first-order valence-electron chi connectivity index (χ1n) is 5.66. The molecule has 1 unspecified atom stereocenters. The Kier molecular flexibility index (Phi) is 3.33. The largest absolute Gasteiger partial charge is 0.336 e. The first-order chi connectivity index (χ1) is 7.59. The fourth-order valence-corrected chi connectivity index (χ4v) is 2.61. The molecule has 2 rings (SSSR count). The Bertz CT molecular complexity index is 416. The van der Waals surface area contributed by atoms with E-state index >= 15 is 0 Å². The second kappa shape index (κ2) is 4.58. The van der Waals surface area contributed by atoms with E-state index in [9.17, 15) is 4.79 Å². The highest BCUT2D eigenvalue weighted by molar-refractivity contribution is 9.10. The van der Waals surface area contributed by atoms with Crippen molar-refractivity contribution in [2.75, 3.05) is 6.54 Å². The second-order valence-corrected chi connectivity index (χ2v) is 5.33. The molecule has 2 nitrogen and oxygen atoms in total. The molecular formula is C13H16BrNO. The van der Waals surface area contributed by atoms with Gasteiger partial charge in [0.25, 0.3) is 5.91 Å². The maximum atomic E-state index is 12.3. The molecule has 1 aromatic rings. The number of likely N-dealkylation sites (tertiary alicyclic amines) is 1. The maximum absolute atomic E-state index is 12.3. The van der Waals surface area contributed by atoms with Crippen LogP contribution < -0.4 is 0 Å². The molecule has 1 atom stereocenters. The van der Waals surface area contributed by atoms with Gasteiger partial charge in [-0.05, 0) is 54.8 Å². The van der Waals surface area contributed by atoms with E-state index < -0.39 is 0 Å². The Morgan fingerprint density at radius 2 is 2.25 bits per heavy atom. The molecule has 86 valence electrons. The number of carbonyl (C=O) groups is 1. The topological polar surface area (TPSA) is 20.3 Å². The lowest BCUT2D eigenvalue weighted by atomic mass is 10.1. The zero-order valence-electron chi connectivity index (χ0n) is 9.66. The number of nitrogens with zero attached hydrogens (tertiary/aromatic N) is 1.